The largest absolute Gasteiger partial charge is 0.370 e. The lowest BCUT2D eigenvalue weighted by Crippen LogP contribution is -2.05. The molecule has 0 fully saturated rings. The van der Waals surface area contributed by atoms with Crippen LogP contribution in [0.4, 0.5) is 11.8 Å². The number of hydrogen-bond acceptors (Lipinski definition) is 4. The zero-order valence-corrected chi connectivity index (χ0v) is 15.0. The molecular formula is C19H36N4. The van der Waals surface area contributed by atoms with Gasteiger partial charge < -0.3 is 11.1 Å². The zero-order chi connectivity index (χ0) is 16.6. The van der Waals surface area contributed by atoms with E-state index in [1.807, 2.05) is 6.07 Å². The normalized spacial score (nSPS) is 10.8. The molecule has 0 radical (unpaired) electrons. The van der Waals surface area contributed by atoms with E-state index in [0.29, 0.717) is 5.95 Å². The molecule has 4 heteroatoms. The van der Waals surface area contributed by atoms with Crippen LogP contribution in [0.2, 0.25) is 0 Å². The molecule has 4 nitrogen and oxygen atoms in total. The summed E-state index contributed by atoms with van der Waals surface area (Å²) in [4.78, 5) is 8.01. The molecule has 0 bridgehead atoms. The first kappa shape index (κ1) is 19.7. The Morgan fingerprint density at radius 1 is 0.826 bits per heavy atom. The van der Waals surface area contributed by atoms with E-state index in [1.54, 1.807) is 6.20 Å². The van der Waals surface area contributed by atoms with Crippen LogP contribution in [-0.4, -0.2) is 16.5 Å². The minimum Gasteiger partial charge on any atom is -0.370 e. The number of rotatable bonds is 15. The van der Waals surface area contributed by atoms with E-state index < -0.39 is 0 Å². The number of nitrogens with two attached hydrogens (primary N) is 1. The number of nitrogens with one attached hydrogen (secondary N) is 1. The Balaban J connectivity index is 1.78. The number of aromatic nitrogens is 2. The molecule has 0 aliphatic carbocycles. The summed E-state index contributed by atoms with van der Waals surface area (Å²) in [5.74, 6) is 1.16. The first-order valence-electron chi connectivity index (χ1n) is 9.65. The van der Waals surface area contributed by atoms with Gasteiger partial charge in [0, 0.05) is 12.7 Å². The Kier molecular flexibility index (Phi) is 12.3. The number of unbranched alkanes of at least 4 members (excludes halogenated alkanes) is 12. The van der Waals surface area contributed by atoms with E-state index in [2.05, 4.69) is 22.2 Å². The fraction of sp³-hybridized carbons (Fsp3) is 0.789. The van der Waals surface area contributed by atoms with Crippen molar-refractivity contribution in [2.24, 2.45) is 0 Å². The second-order valence-electron chi connectivity index (χ2n) is 6.47. The molecule has 0 aliphatic heterocycles. The van der Waals surface area contributed by atoms with Crippen molar-refractivity contribution in [1.82, 2.24) is 9.97 Å². The van der Waals surface area contributed by atoms with Gasteiger partial charge in [-0.1, -0.05) is 84.0 Å². The van der Waals surface area contributed by atoms with Crippen LogP contribution < -0.4 is 11.1 Å². The molecule has 3 N–H and O–H groups in total. The summed E-state index contributed by atoms with van der Waals surface area (Å²) in [6.07, 6.45) is 19.7. The lowest BCUT2D eigenvalue weighted by molar-refractivity contribution is 0.541. The third-order valence-electron chi connectivity index (χ3n) is 4.26. The van der Waals surface area contributed by atoms with Gasteiger partial charge in [-0.25, -0.2) is 4.98 Å². The quantitative estimate of drug-likeness (QED) is 0.415. The highest BCUT2D eigenvalue weighted by atomic mass is 15.1. The maximum Gasteiger partial charge on any atom is 0.221 e. The van der Waals surface area contributed by atoms with Gasteiger partial charge in [0.25, 0.3) is 0 Å². The summed E-state index contributed by atoms with van der Waals surface area (Å²) in [7, 11) is 0. The Bertz CT molecular complexity index is 381. The lowest BCUT2D eigenvalue weighted by Gasteiger charge is -2.06. The van der Waals surface area contributed by atoms with Gasteiger partial charge in [-0.15, -0.1) is 0 Å². The second kappa shape index (κ2) is 14.3. The fourth-order valence-electron chi connectivity index (χ4n) is 2.83. The molecule has 23 heavy (non-hydrogen) atoms. The van der Waals surface area contributed by atoms with Crippen molar-refractivity contribution in [3.63, 3.8) is 0 Å². The Hall–Kier alpha value is -1.32. The van der Waals surface area contributed by atoms with Crippen LogP contribution in [0.1, 0.15) is 90.4 Å². The van der Waals surface area contributed by atoms with Crippen LogP contribution in [0.25, 0.3) is 0 Å². The molecule has 0 amide bonds. The first-order chi connectivity index (χ1) is 11.3. The highest BCUT2D eigenvalue weighted by Crippen LogP contribution is 2.12. The monoisotopic (exact) mass is 320 g/mol. The molecule has 1 heterocycles. The van der Waals surface area contributed by atoms with E-state index in [4.69, 9.17) is 5.73 Å². The molecule has 1 aromatic heterocycles. The third kappa shape index (κ3) is 11.8. The maximum absolute atomic E-state index is 5.55. The van der Waals surface area contributed by atoms with E-state index in [-0.39, 0.29) is 0 Å². The fourth-order valence-corrected chi connectivity index (χ4v) is 2.83. The standard InChI is InChI=1S/C19H36N4/c1-2-3-4-5-6-7-8-9-10-11-12-13-14-16-21-18-15-17-22-19(20)23-18/h15,17H,2-14,16H2,1H3,(H3,20,21,22,23). The van der Waals surface area contributed by atoms with Gasteiger partial charge >= 0.3 is 0 Å². The summed E-state index contributed by atoms with van der Waals surface area (Å²) in [5, 5.41) is 3.29. The molecule has 0 saturated carbocycles. The number of hydrogen-bond donors (Lipinski definition) is 2. The van der Waals surface area contributed by atoms with E-state index in [9.17, 15) is 0 Å². The van der Waals surface area contributed by atoms with Crippen molar-refractivity contribution in [2.45, 2.75) is 90.4 Å². The van der Waals surface area contributed by atoms with Crippen LogP contribution in [-0.2, 0) is 0 Å². The Labute approximate surface area is 142 Å². The van der Waals surface area contributed by atoms with Gasteiger partial charge in [-0.05, 0) is 12.5 Å². The number of anilines is 2. The SMILES string of the molecule is CCCCCCCCCCCCCCCNc1ccnc(N)n1. The van der Waals surface area contributed by atoms with Gasteiger partial charge in [0.1, 0.15) is 5.82 Å². The minimum absolute atomic E-state index is 0.334. The molecule has 0 spiro atoms. The molecule has 0 unspecified atom stereocenters. The number of nitrogens with zero attached hydrogens (tertiary/aromatic N) is 2. The molecule has 132 valence electrons. The van der Waals surface area contributed by atoms with Crippen LogP contribution in [0.5, 0.6) is 0 Å². The van der Waals surface area contributed by atoms with Gasteiger partial charge in [0.15, 0.2) is 0 Å². The average molecular weight is 321 g/mol. The van der Waals surface area contributed by atoms with E-state index >= 15 is 0 Å². The molecule has 0 aliphatic rings. The summed E-state index contributed by atoms with van der Waals surface area (Å²) in [5.41, 5.74) is 5.55. The summed E-state index contributed by atoms with van der Waals surface area (Å²) in [6, 6.07) is 1.86. The molecule has 0 atom stereocenters. The van der Waals surface area contributed by atoms with E-state index in [0.717, 1.165) is 12.4 Å². The predicted molar refractivity (Wildman–Crippen MR) is 101 cm³/mol. The van der Waals surface area contributed by atoms with Gasteiger partial charge in [-0.2, -0.15) is 4.98 Å². The summed E-state index contributed by atoms with van der Waals surface area (Å²) in [6.45, 7) is 3.25. The first-order valence-corrected chi connectivity index (χ1v) is 9.65. The van der Waals surface area contributed by atoms with Crippen molar-refractivity contribution in [1.29, 1.82) is 0 Å². The summed E-state index contributed by atoms with van der Waals surface area (Å²) < 4.78 is 0. The second-order valence-corrected chi connectivity index (χ2v) is 6.47. The van der Waals surface area contributed by atoms with Crippen molar-refractivity contribution in [3.8, 4) is 0 Å². The zero-order valence-electron chi connectivity index (χ0n) is 15.0. The summed E-state index contributed by atoms with van der Waals surface area (Å²) >= 11 is 0. The highest BCUT2D eigenvalue weighted by molar-refractivity contribution is 5.36. The number of nitrogen functional groups attached to an aromatic ring is 1. The Morgan fingerprint density at radius 2 is 1.35 bits per heavy atom. The van der Waals surface area contributed by atoms with Crippen molar-refractivity contribution >= 4 is 11.8 Å². The molecular weight excluding hydrogens is 284 g/mol. The third-order valence-corrected chi connectivity index (χ3v) is 4.26. The highest BCUT2D eigenvalue weighted by Gasteiger charge is 1.96. The van der Waals surface area contributed by atoms with E-state index in [1.165, 1.54) is 83.5 Å². The van der Waals surface area contributed by atoms with Gasteiger partial charge in [-0.3, -0.25) is 0 Å². The predicted octanol–water partition coefficient (Wildman–Crippen LogP) is 5.56. The van der Waals surface area contributed by atoms with Crippen molar-refractivity contribution in [3.05, 3.63) is 12.3 Å². The minimum atomic E-state index is 0.334. The van der Waals surface area contributed by atoms with Crippen LogP contribution in [0.3, 0.4) is 0 Å². The molecule has 0 saturated heterocycles. The van der Waals surface area contributed by atoms with Crippen molar-refractivity contribution < 1.29 is 0 Å². The van der Waals surface area contributed by atoms with Crippen molar-refractivity contribution in [2.75, 3.05) is 17.6 Å². The average Bonchev–Trinajstić information content (AvgIpc) is 2.55. The molecule has 0 aromatic carbocycles. The van der Waals surface area contributed by atoms with Gasteiger partial charge in [0.2, 0.25) is 5.95 Å². The molecule has 1 rings (SSSR count). The van der Waals surface area contributed by atoms with Gasteiger partial charge in [0.05, 0.1) is 0 Å². The maximum atomic E-state index is 5.55. The smallest absolute Gasteiger partial charge is 0.221 e. The van der Waals surface area contributed by atoms with Crippen LogP contribution in [0, 0.1) is 0 Å². The lowest BCUT2D eigenvalue weighted by atomic mass is 10.0. The van der Waals surface area contributed by atoms with Crippen LogP contribution >= 0.6 is 0 Å². The molecule has 1 aromatic rings. The topological polar surface area (TPSA) is 63.8 Å². The Morgan fingerprint density at radius 3 is 1.87 bits per heavy atom. The van der Waals surface area contributed by atoms with Crippen LogP contribution in [0.15, 0.2) is 12.3 Å².